The third-order valence-corrected chi connectivity index (χ3v) is 3.41. The van der Waals surface area contributed by atoms with Gasteiger partial charge in [0.2, 0.25) is 0 Å². The second kappa shape index (κ2) is 6.91. The zero-order valence-corrected chi connectivity index (χ0v) is 12.1. The summed E-state index contributed by atoms with van der Waals surface area (Å²) in [5.74, 6) is -0.627. The van der Waals surface area contributed by atoms with Crippen molar-refractivity contribution in [2.75, 3.05) is 6.61 Å². The average molecular weight is 313 g/mol. The molecule has 0 aliphatic carbocycles. The standard InChI is InChI=1S/C14H19NO7/c1-2-3-11(18)21-7-9-12(19)13(20)14(22-9)15-5-4-8(16)6-10(15)17/h4-6,9,12-14,16,19-20H,2-3,7H2,1H3/t9-,12+,13+,14-/m1/s1. The molecule has 1 fully saturated rings. The lowest BCUT2D eigenvalue weighted by Crippen LogP contribution is -2.35. The molecule has 8 heteroatoms. The Hall–Kier alpha value is -1.90. The molecule has 1 saturated heterocycles. The van der Waals surface area contributed by atoms with Gasteiger partial charge in [-0.3, -0.25) is 14.2 Å². The van der Waals surface area contributed by atoms with E-state index in [1.807, 2.05) is 6.92 Å². The summed E-state index contributed by atoms with van der Waals surface area (Å²) in [4.78, 5) is 23.1. The Balaban J connectivity index is 2.06. The van der Waals surface area contributed by atoms with Gasteiger partial charge in [-0.15, -0.1) is 0 Å². The molecule has 3 N–H and O–H groups in total. The summed E-state index contributed by atoms with van der Waals surface area (Å²) in [7, 11) is 0. The summed E-state index contributed by atoms with van der Waals surface area (Å²) in [6, 6.07) is 2.23. The molecule has 0 saturated carbocycles. The van der Waals surface area contributed by atoms with Crippen LogP contribution in [0.1, 0.15) is 26.0 Å². The lowest BCUT2D eigenvalue weighted by Gasteiger charge is -2.17. The third-order valence-electron chi connectivity index (χ3n) is 3.41. The molecule has 0 unspecified atom stereocenters. The van der Waals surface area contributed by atoms with Gasteiger partial charge < -0.3 is 24.8 Å². The fourth-order valence-electron chi connectivity index (χ4n) is 2.24. The second-order valence-corrected chi connectivity index (χ2v) is 5.11. The number of aliphatic hydroxyl groups is 2. The predicted octanol–water partition coefficient (Wildman–Crippen LogP) is -0.484. The van der Waals surface area contributed by atoms with Crippen LogP contribution in [0.2, 0.25) is 0 Å². The molecule has 1 aliphatic heterocycles. The van der Waals surface area contributed by atoms with E-state index in [4.69, 9.17) is 9.47 Å². The van der Waals surface area contributed by atoms with Crippen LogP contribution in [-0.2, 0) is 14.3 Å². The maximum absolute atomic E-state index is 11.8. The van der Waals surface area contributed by atoms with Crippen molar-refractivity contribution in [3.05, 3.63) is 28.7 Å². The van der Waals surface area contributed by atoms with E-state index in [9.17, 15) is 24.9 Å². The first-order chi connectivity index (χ1) is 10.4. The van der Waals surface area contributed by atoms with E-state index >= 15 is 0 Å². The Morgan fingerprint density at radius 3 is 2.77 bits per heavy atom. The summed E-state index contributed by atoms with van der Waals surface area (Å²) >= 11 is 0. The Kier molecular flexibility index (Phi) is 5.17. The smallest absolute Gasteiger partial charge is 0.305 e. The van der Waals surface area contributed by atoms with Crippen LogP contribution in [0.4, 0.5) is 0 Å². The van der Waals surface area contributed by atoms with Crippen molar-refractivity contribution in [3.8, 4) is 5.75 Å². The maximum Gasteiger partial charge on any atom is 0.305 e. The number of esters is 1. The molecule has 0 spiro atoms. The lowest BCUT2D eigenvalue weighted by atomic mass is 10.1. The number of nitrogens with zero attached hydrogens (tertiary/aromatic N) is 1. The highest BCUT2D eigenvalue weighted by Gasteiger charge is 2.44. The minimum Gasteiger partial charge on any atom is -0.508 e. The Morgan fingerprint density at radius 1 is 1.41 bits per heavy atom. The first kappa shape index (κ1) is 16.5. The Bertz CT molecular complexity index is 585. The zero-order chi connectivity index (χ0) is 16.3. The van der Waals surface area contributed by atoms with Crippen molar-refractivity contribution >= 4 is 5.97 Å². The molecule has 122 valence electrons. The Labute approximate surface area is 126 Å². The zero-order valence-electron chi connectivity index (χ0n) is 12.1. The summed E-state index contributed by atoms with van der Waals surface area (Å²) < 4.78 is 11.4. The molecule has 2 heterocycles. The predicted molar refractivity (Wildman–Crippen MR) is 74.2 cm³/mol. The van der Waals surface area contributed by atoms with Gasteiger partial charge in [-0.2, -0.15) is 0 Å². The van der Waals surface area contributed by atoms with Crippen LogP contribution in [0, 0.1) is 0 Å². The van der Waals surface area contributed by atoms with Gasteiger partial charge in [0.1, 0.15) is 30.7 Å². The van der Waals surface area contributed by atoms with Gasteiger partial charge in [-0.25, -0.2) is 0 Å². The minimum atomic E-state index is -1.35. The molecule has 0 amide bonds. The quantitative estimate of drug-likeness (QED) is 0.628. The van der Waals surface area contributed by atoms with Gasteiger partial charge in [0.25, 0.3) is 5.56 Å². The number of ether oxygens (including phenoxy) is 2. The van der Waals surface area contributed by atoms with Crippen LogP contribution in [0.25, 0.3) is 0 Å². The molecule has 1 aromatic rings. The fourth-order valence-corrected chi connectivity index (χ4v) is 2.24. The number of carbonyl (C=O) groups excluding carboxylic acids is 1. The van der Waals surface area contributed by atoms with E-state index in [0.29, 0.717) is 6.42 Å². The van der Waals surface area contributed by atoms with E-state index in [0.717, 1.165) is 10.6 Å². The van der Waals surface area contributed by atoms with Gasteiger partial charge >= 0.3 is 5.97 Å². The largest absolute Gasteiger partial charge is 0.508 e. The second-order valence-electron chi connectivity index (χ2n) is 5.11. The van der Waals surface area contributed by atoms with Gasteiger partial charge in [0.05, 0.1) is 0 Å². The highest BCUT2D eigenvalue weighted by molar-refractivity contribution is 5.69. The van der Waals surface area contributed by atoms with Crippen LogP contribution >= 0.6 is 0 Å². The minimum absolute atomic E-state index is 0.208. The van der Waals surface area contributed by atoms with Gasteiger partial charge in [-0.05, 0) is 12.5 Å². The molecule has 22 heavy (non-hydrogen) atoms. The third kappa shape index (κ3) is 3.46. The van der Waals surface area contributed by atoms with Crippen molar-refractivity contribution in [1.82, 2.24) is 4.57 Å². The molecule has 0 aromatic carbocycles. The molecular weight excluding hydrogens is 294 g/mol. The number of hydrogen-bond donors (Lipinski definition) is 3. The van der Waals surface area contributed by atoms with Crippen molar-refractivity contribution < 1.29 is 29.6 Å². The first-order valence-electron chi connectivity index (χ1n) is 7.02. The summed E-state index contributed by atoms with van der Waals surface area (Å²) in [6.45, 7) is 1.62. The number of aromatic hydroxyl groups is 1. The lowest BCUT2D eigenvalue weighted by molar-refractivity contribution is -0.150. The number of rotatable bonds is 5. The molecule has 0 bridgehead atoms. The van der Waals surface area contributed by atoms with Crippen molar-refractivity contribution in [1.29, 1.82) is 0 Å². The number of aliphatic hydroxyl groups excluding tert-OH is 2. The highest BCUT2D eigenvalue weighted by atomic mass is 16.6. The van der Waals surface area contributed by atoms with Crippen LogP contribution in [0.5, 0.6) is 5.75 Å². The molecule has 8 nitrogen and oxygen atoms in total. The molecule has 4 atom stereocenters. The fraction of sp³-hybridized carbons (Fsp3) is 0.571. The normalized spacial score (nSPS) is 27.8. The molecule has 0 radical (unpaired) electrons. The number of carbonyl (C=O) groups is 1. The monoisotopic (exact) mass is 313 g/mol. The van der Waals surface area contributed by atoms with Gasteiger partial charge in [0, 0.05) is 18.7 Å². The van der Waals surface area contributed by atoms with Crippen molar-refractivity contribution in [2.24, 2.45) is 0 Å². The summed E-state index contributed by atoms with van der Waals surface area (Å²) in [5, 5.41) is 29.2. The topological polar surface area (TPSA) is 118 Å². The number of hydrogen-bond acceptors (Lipinski definition) is 7. The van der Waals surface area contributed by atoms with Gasteiger partial charge in [0.15, 0.2) is 6.23 Å². The highest BCUT2D eigenvalue weighted by Crippen LogP contribution is 2.28. The van der Waals surface area contributed by atoms with Crippen LogP contribution in [-0.4, -0.2) is 50.8 Å². The van der Waals surface area contributed by atoms with Crippen molar-refractivity contribution in [3.63, 3.8) is 0 Å². The van der Waals surface area contributed by atoms with E-state index < -0.39 is 36.1 Å². The summed E-state index contributed by atoms with van der Waals surface area (Å²) in [6.07, 6.45) is -2.53. The van der Waals surface area contributed by atoms with E-state index in [1.165, 1.54) is 12.3 Å². The summed E-state index contributed by atoms with van der Waals surface area (Å²) in [5.41, 5.74) is -0.583. The molecule has 1 aromatic heterocycles. The number of aromatic nitrogens is 1. The molecule has 1 aliphatic rings. The number of pyridine rings is 1. The SMILES string of the molecule is CCCC(=O)OC[C@H]1O[C@@H](n2ccc(O)cc2=O)[C@@H](O)[C@H]1O. The molecule has 2 rings (SSSR count). The molecular formula is C14H19NO7. The average Bonchev–Trinajstić information content (AvgIpc) is 2.74. The first-order valence-corrected chi connectivity index (χ1v) is 7.02. The van der Waals surface area contributed by atoms with E-state index in [1.54, 1.807) is 0 Å². The van der Waals surface area contributed by atoms with Crippen LogP contribution in [0.15, 0.2) is 23.1 Å². The van der Waals surface area contributed by atoms with Crippen LogP contribution in [0.3, 0.4) is 0 Å². The maximum atomic E-state index is 11.8. The Morgan fingerprint density at radius 2 is 2.14 bits per heavy atom. The van der Waals surface area contributed by atoms with E-state index in [-0.39, 0.29) is 18.8 Å². The van der Waals surface area contributed by atoms with Crippen LogP contribution < -0.4 is 5.56 Å². The van der Waals surface area contributed by atoms with E-state index in [2.05, 4.69) is 0 Å². The van der Waals surface area contributed by atoms with Gasteiger partial charge in [-0.1, -0.05) is 6.92 Å². The van der Waals surface area contributed by atoms with Crippen molar-refractivity contribution in [2.45, 2.75) is 44.3 Å².